The zero-order valence-corrected chi connectivity index (χ0v) is 10.9. The number of carbonyl (C=O) groups is 1. The van der Waals surface area contributed by atoms with Gasteiger partial charge in [-0.25, -0.2) is 0 Å². The molecule has 88 valence electrons. The molecule has 18 heavy (non-hydrogen) atoms. The Morgan fingerprint density at radius 3 is 2.89 bits per heavy atom. The number of hydrogen-bond donors (Lipinski definition) is 0. The molecule has 0 amide bonds. The first-order valence-electron chi connectivity index (χ1n) is 6.19. The fourth-order valence-corrected chi connectivity index (χ4v) is 4.38. The van der Waals surface area contributed by atoms with Crippen molar-refractivity contribution in [3.63, 3.8) is 0 Å². The second kappa shape index (κ2) is 3.48. The van der Waals surface area contributed by atoms with Gasteiger partial charge in [0.15, 0.2) is 5.78 Å². The molecule has 2 aromatic carbocycles. The van der Waals surface area contributed by atoms with Crippen molar-refractivity contribution in [3.05, 3.63) is 58.7 Å². The lowest BCUT2D eigenvalue weighted by molar-refractivity contribution is 0.0991. The number of carbonyl (C=O) groups excluding carboxylic acids is 1. The predicted octanol–water partition coefficient (Wildman–Crippen LogP) is 4.18. The number of hydrogen-bond acceptors (Lipinski definition) is 2. The summed E-state index contributed by atoms with van der Waals surface area (Å²) < 4.78 is 0. The van der Waals surface area contributed by atoms with Crippen LogP contribution in [0.2, 0.25) is 0 Å². The van der Waals surface area contributed by atoms with E-state index in [1.807, 2.05) is 23.9 Å². The lowest BCUT2D eigenvalue weighted by atomic mass is 9.91. The molecule has 0 N–H and O–H groups in total. The number of ketones is 1. The van der Waals surface area contributed by atoms with E-state index in [4.69, 9.17) is 0 Å². The SMILES string of the molecule is Cc1cccc2c1Sc1cccc3c1C2CC3=O. The molecular weight excluding hydrogens is 240 g/mol. The molecule has 2 aliphatic rings. The van der Waals surface area contributed by atoms with Gasteiger partial charge in [-0.05, 0) is 29.7 Å². The molecule has 0 aromatic heterocycles. The van der Waals surface area contributed by atoms with Crippen LogP contribution in [-0.4, -0.2) is 5.78 Å². The average molecular weight is 252 g/mol. The topological polar surface area (TPSA) is 17.1 Å². The van der Waals surface area contributed by atoms with E-state index in [-0.39, 0.29) is 0 Å². The standard InChI is InChI=1S/C16H12OS/c1-9-4-2-5-10-12-8-13(17)11-6-3-7-14(15(11)12)18-16(9)10/h2-7,12H,8H2,1H3. The second-order valence-electron chi connectivity index (χ2n) is 4.99. The van der Waals surface area contributed by atoms with E-state index in [1.165, 1.54) is 26.5 Å². The zero-order valence-electron chi connectivity index (χ0n) is 10.1. The highest BCUT2D eigenvalue weighted by molar-refractivity contribution is 7.99. The molecule has 0 radical (unpaired) electrons. The average Bonchev–Trinajstić information content (AvgIpc) is 2.71. The largest absolute Gasteiger partial charge is 0.294 e. The van der Waals surface area contributed by atoms with Crippen molar-refractivity contribution in [1.29, 1.82) is 0 Å². The van der Waals surface area contributed by atoms with Gasteiger partial charge in [0.1, 0.15) is 0 Å². The predicted molar refractivity (Wildman–Crippen MR) is 72.5 cm³/mol. The highest BCUT2D eigenvalue weighted by Crippen LogP contribution is 2.52. The Bertz CT molecular complexity index is 687. The van der Waals surface area contributed by atoms with Crippen LogP contribution in [0.5, 0.6) is 0 Å². The first-order valence-corrected chi connectivity index (χ1v) is 7.01. The minimum Gasteiger partial charge on any atom is -0.294 e. The molecule has 1 nitrogen and oxygen atoms in total. The van der Waals surface area contributed by atoms with Crippen molar-refractivity contribution in [2.24, 2.45) is 0 Å². The van der Waals surface area contributed by atoms with E-state index in [2.05, 4.69) is 31.2 Å². The summed E-state index contributed by atoms with van der Waals surface area (Å²) in [7, 11) is 0. The Morgan fingerprint density at radius 2 is 2.00 bits per heavy atom. The number of Topliss-reactive ketones (excluding diaryl/α,β-unsaturated/α-hetero) is 1. The summed E-state index contributed by atoms with van der Waals surface area (Å²) in [5, 5.41) is 0. The molecule has 2 heteroatoms. The summed E-state index contributed by atoms with van der Waals surface area (Å²) >= 11 is 1.82. The molecule has 0 fully saturated rings. The summed E-state index contributed by atoms with van der Waals surface area (Å²) in [5.74, 6) is 0.589. The summed E-state index contributed by atoms with van der Waals surface area (Å²) in [5.41, 5.74) is 4.86. The van der Waals surface area contributed by atoms with Crippen LogP contribution in [0, 0.1) is 6.92 Å². The minimum atomic E-state index is 0.292. The molecule has 1 atom stereocenters. The van der Waals surface area contributed by atoms with E-state index in [0.29, 0.717) is 18.1 Å². The van der Waals surface area contributed by atoms with E-state index >= 15 is 0 Å². The summed E-state index contributed by atoms with van der Waals surface area (Å²) in [6, 6.07) is 12.6. The lowest BCUT2D eigenvalue weighted by Crippen LogP contribution is -2.06. The fourth-order valence-electron chi connectivity index (χ4n) is 3.10. The van der Waals surface area contributed by atoms with Crippen LogP contribution in [0.15, 0.2) is 46.2 Å². The van der Waals surface area contributed by atoms with Gasteiger partial charge in [0.05, 0.1) is 0 Å². The number of benzene rings is 2. The van der Waals surface area contributed by atoms with Crippen molar-refractivity contribution in [2.75, 3.05) is 0 Å². The maximum atomic E-state index is 12.1. The van der Waals surface area contributed by atoms with Crippen LogP contribution in [0.4, 0.5) is 0 Å². The van der Waals surface area contributed by atoms with Gasteiger partial charge in [0.25, 0.3) is 0 Å². The van der Waals surface area contributed by atoms with Gasteiger partial charge in [-0.15, -0.1) is 0 Å². The molecule has 0 spiro atoms. The summed E-state index contributed by atoms with van der Waals surface area (Å²) in [6.07, 6.45) is 0.642. The summed E-state index contributed by atoms with van der Waals surface area (Å²) in [4.78, 5) is 14.7. The Hall–Kier alpha value is -1.54. The van der Waals surface area contributed by atoms with Gasteiger partial charge in [0, 0.05) is 27.7 Å². The van der Waals surface area contributed by atoms with Gasteiger partial charge in [-0.1, -0.05) is 42.1 Å². The molecule has 2 aromatic rings. The molecule has 0 saturated heterocycles. The molecule has 4 rings (SSSR count). The van der Waals surface area contributed by atoms with Gasteiger partial charge < -0.3 is 0 Å². The van der Waals surface area contributed by atoms with E-state index in [9.17, 15) is 4.79 Å². The van der Waals surface area contributed by atoms with Crippen molar-refractivity contribution in [2.45, 2.75) is 29.1 Å². The van der Waals surface area contributed by atoms with Crippen molar-refractivity contribution >= 4 is 17.5 Å². The molecule has 0 bridgehead atoms. The number of aryl methyl sites for hydroxylation is 1. The second-order valence-corrected chi connectivity index (χ2v) is 6.04. The van der Waals surface area contributed by atoms with Crippen LogP contribution in [-0.2, 0) is 0 Å². The normalized spacial score (nSPS) is 19.6. The molecular formula is C16H12OS. The van der Waals surface area contributed by atoms with E-state index in [1.54, 1.807) is 0 Å². The van der Waals surface area contributed by atoms with Crippen LogP contribution >= 0.6 is 11.8 Å². The molecule has 0 saturated carbocycles. The van der Waals surface area contributed by atoms with Gasteiger partial charge in [-0.2, -0.15) is 0 Å². The van der Waals surface area contributed by atoms with Crippen molar-refractivity contribution in [3.8, 4) is 0 Å². The Balaban J connectivity index is 2.04. The monoisotopic (exact) mass is 252 g/mol. The Labute approximate surface area is 110 Å². The lowest BCUT2D eigenvalue weighted by Gasteiger charge is -2.25. The molecule has 1 aliphatic heterocycles. The number of fused-ring (bicyclic) bond motifs is 2. The molecule has 1 unspecified atom stereocenters. The first-order chi connectivity index (χ1) is 8.75. The highest BCUT2D eigenvalue weighted by Gasteiger charge is 2.37. The van der Waals surface area contributed by atoms with Gasteiger partial charge in [-0.3, -0.25) is 4.79 Å². The summed E-state index contributed by atoms with van der Waals surface area (Å²) in [6.45, 7) is 2.15. The van der Waals surface area contributed by atoms with Crippen molar-refractivity contribution < 1.29 is 4.79 Å². The van der Waals surface area contributed by atoms with Crippen LogP contribution < -0.4 is 0 Å². The maximum Gasteiger partial charge on any atom is 0.164 e. The highest BCUT2D eigenvalue weighted by atomic mass is 32.2. The molecule has 1 aliphatic carbocycles. The fraction of sp³-hybridized carbons (Fsp3) is 0.188. The van der Waals surface area contributed by atoms with Crippen LogP contribution in [0.25, 0.3) is 0 Å². The van der Waals surface area contributed by atoms with E-state index < -0.39 is 0 Å². The third-order valence-electron chi connectivity index (χ3n) is 3.93. The minimum absolute atomic E-state index is 0.292. The maximum absolute atomic E-state index is 12.1. The Morgan fingerprint density at radius 1 is 1.17 bits per heavy atom. The van der Waals surface area contributed by atoms with Gasteiger partial charge >= 0.3 is 0 Å². The number of rotatable bonds is 0. The van der Waals surface area contributed by atoms with Gasteiger partial charge in [0.2, 0.25) is 0 Å². The van der Waals surface area contributed by atoms with Crippen LogP contribution in [0.1, 0.15) is 39.4 Å². The Kier molecular flexibility index (Phi) is 2.01. The molecule has 1 heterocycles. The quantitative estimate of drug-likeness (QED) is 0.699. The smallest absolute Gasteiger partial charge is 0.164 e. The van der Waals surface area contributed by atoms with Crippen molar-refractivity contribution in [1.82, 2.24) is 0 Å². The van der Waals surface area contributed by atoms with E-state index in [0.717, 1.165) is 5.56 Å². The first kappa shape index (κ1) is 10.4. The van der Waals surface area contributed by atoms with Crippen LogP contribution in [0.3, 0.4) is 0 Å². The third-order valence-corrected chi connectivity index (χ3v) is 5.27. The zero-order chi connectivity index (χ0) is 12.3. The third kappa shape index (κ3) is 1.21.